The molecule has 1 aromatic rings. The number of nitrogens with one attached hydrogen (secondary N) is 1. The van der Waals surface area contributed by atoms with Crippen LogP contribution in [0.5, 0.6) is 0 Å². The molecule has 0 aromatic heterocycles. The topological polar surface area (TPSA) is 69.7 Å². The molecule has 6 nitrogen and oxygen atoms in total. The number of carbonyl (C=O) groups is 3. The zero-order chi connectivity index (χ0) is 18.9. The Morgan fingerprint density at radius 2 is 2.00 bits per heavy atom. The highest BCUT2D eigenvalue weighted by atomic mass is 16.2. The van der Waals surface area contributed by atoms with Crippen molar-refractivity contribution in [3.8, 4) is 0 Å². The minimum atomic E-state index is -1.06. The lowest BCUT2D eigenvalue weighted by Crippen LogP contribution is -2.59. The van der Waals surface area contributed by atoms with Crippen molar-refractivity contribution in [1.29, 1.82) is 0 Å². The molecule has 1 N–H and O–H groups in total. The number of rotatable bonds is 1. The summed E-state index contributed by atoms with van der Waals surface area (Å²) in [5, 5.41) is 2.95. The summed E-state index contributed by atoms with van der Waals surface area (Å²) >= 11 is 0. The second-order valence-corrected chi connectivity index (χ2v) is 7.95. The van der Waals surface area contributed by atoms with Gasteiger partial charge in [-0.1, -0.05) is 29.8 Å². The molecule has 3 amide bonds. The molecule has 27 heavy (non-hydrogen) atoms. The van der Waals surface area contributed by atoms with Crippen molar-refractivity contribution in [2.24, 2.45) is 0 Å². The van der Waals surface area contributed by atoms with Gasteiger partial charge < -0.3 is 10.2 Å². The molecule has 5 rings (SSSR count). The summed E-state index contributed by atoms with van der Waals surface area (Å²) in [5.41, 5.74) is 1.84. The number of amides is 3. The smallest absolute Gasteiger partial charge is 0.270 e. The maximum Gasteiger partial charge on any atom is 0.270 e. The van der Waals surface area contributed by atoms with Crippen LogP contribution in [-0.2, 0) is 19.8 Å². The summed E-state index contributed by atoms with van der Waals surface area (Å²) in [4.78, 5) is 42.9. The average molecular weight is 363 g/mol. The molecule has 0 bridgehead atoms. The highest BCUT2D eigenvalue weighted by Gasteiger charge is 2.62. The number of benzene rings is 1. The summed E-state index contributed by atoms with van der Waals surface area (Å²) in [5.74, 6) is -0.401. The first-order chi connectivity index (χ1) is 12.9. The molecule has 2 fully saturated rings. The fourth-order valence-electron chi connectivity index (χ4n) is 4.98. The molecule has 0 radical (unpaired) electrons. The van der Waals surface area contributed by atoms with Gasteiger partial charge in [-0.15, -0.1) is 0 Å². The summed E-state index contributed by atoms with van der Waals surface area (Å²) in [6.45, 7) is 4.49. The van der Waals surface area contributed by atoms with E-state index in [1.807, 2.05) is 44.2 Å². The number of carbonyl (C=O) groups excluding carboxylic acids is 3. The summed E-state index contributed by atoms with van der Waals surface area (Å²) < 4.78 is 0. The van der Waals surface area contributed by atoms with Crippen LogP contribution in [0.25, 0.3) is 0 Å². The van der Waals surface area contributed by atoms with Crippen molar-refractivity contribution in [1.82, 2.24) is 9.80 Å². The third kappa shape index (κ3) is 1.93. The van der Waals surface area contributed by atoms with E-state index in [1.54, 1.807) is 15.9 Å². The van der Waals surface area contributed by atoms with Gasteiger partial charge in [-0.2, -0.15) is 0 Å². The van der Waals surface area contributed by atoms with Crippen LogP contribution in [0.1, 0.15) is 32.3 Å². The number of para-hydroxylation sites is 1. The Morgan fingerprint density at radius 3 is 2.78 bits per heavy atom. The molecule has 4 aliphatic heterocycles. The van der Waals surface area contributed by atoms with E-state index < -0.39 is 17.5 Å². The third-order valence-corrected chi connectivity index (χ3v) is 6.11. The Kier molecular flexibility index (Phi) is 3.21. The fourth-order valence-corrected chi connectivity index (χ4v) is 4.98. The van der Waals surface area contributed by atoms with Crippen LogP contribution >= 0.6 is 0 Å². The van der Waals surface area contributed by atoms with Gasteiger partial charge in [0.1, 0.15) is 17.2 Å². The number of anilines is 1. The van der Waals surface area contributed by atoms with Crippen molar-refractivity contribution >= 4 is 23.4 Å². The summed E-state index contributed by atoms with van der Waals surface area (Å²) in [7, 11) is 0. The van der Waals surface area contributed by atoms with Gasteiger partial charge in [0.05, 0.1) is 6.04 Å². The number of nitrogens with zero attached hydrogens (tertiary/aromatic N) is 2. The fraction of sp³-hybridized carbons (Fsp3) is 0.381. The first-order valence-corrected chi connectivity index (χ1v) is 9.38. The normalized spacial score (nSPS) is 30.9. The summed E-state index contributed by atoms with van der Waals surface area (Å²) in [6, 6.07) is 6.59. The van der Waals surface area contributed by atoms with Crippen molar-refractivity contribution in [2.45, 2.75) is 44.2 Å². The van der Waals surface area contributed by atoms with Crippen LogP contribution in [0.2, 0.25) is 0 Å². The van der Waals surface area contributed by atoms with Crippen LogP contribution < -0.4 is 5.32 Å². The monoisotopic (exact) mass is 363 g/mol. The largest absolute Gasteiger partial charge is 0.325 e. The molecule has 3 atom stereocenters. The van der Waals surface area contributed by atoms with Crippen LogP contribution in [0.15, 0.2) is 47.7 Å². The van der Waals surface area contributed by atoms with E-state index in [9.17, 15) is 14.4 Å². The van der Waals surface area contributed by atoms with Crippen LogP contribution in [-0.4, -0.2) is 46.1 Å². The number of allylic oxidation sites excluding steroid dienone is 1. The van der Waals surface area contributed by atoms with Gasteiger partial charge >= 0.3 is 0 Å². The standard InChI is InChI=1S/C21H21N3O3/c1-12(2)10-17-21(13-6-3-4-7-14(13)22-20(21)27)11-16-18(25)23-9-5-8-15(23)19(26)24(16)17/h3-4,6-7,10-11,15,17H,5,8-9H2,1-2H3,(H,22,27)/t15?,17-,21-/m0/s1. The van der Waals surface area contributed by atoms with Crippen molar-refractivity contribution in [2.75, 3.05) is 11.9 Å². The Balaban J connectivity index is 1.76. The molecular formula is C21H21N3O3. The van der Waals surface area contributed by atoms with Gasteiger partial charge in [-0.05, 0) is 44.4 Å². The van der Waals surface area contributed by atoms with Crippen molar-refractivity contribution in [3.05, 3.63) is 53.3 Å². The lowest BCUT2D eigenvalue weighted by Gasteiger charge is -2.40. The molecular weight excluding hydrogens is 342 g/mol. The quantitative estimate of drug-likeness (QED) is 0.776. The van der Waals surface area contributed by atoms with Gasteiger partial charge in [0.25, 0.3) is 11.8 Å². The summed E-state index contributed by atoms with van der Waals surface area (Å²) in [6.07, 6.45) is 5.20. The van der Waals surface area contributed by atoms with E-state index in [1.165, 1.54) is 0 Å². The maximum absolute atomic E-state index is 13.3. The minimum absolute atomic E-state index is 0.0742. The lowest BCUT2D eigenvalue weighted by atomic mass is 9.75. The molecule has 138 valence electrons. The molecule has 4 aliphatic rings. The highest BCUT2D eigenvalue weighted by molar-refractivity contribution is 6.14. The average Bonchev–Trinajstić information content (AvgIpc) is 3.31. The number of piperazine rings is 1. The van der Waals surface area contributed by atoms with Gasteiger partial charge in [0, 0.05) is 12.2 Å². The second-order valence-electron chi connectivity index (χ2n) is 7.95. The van der Waals surface area contributed by atoms with E-state index >= 15 is 0 Å². The van der Waals surface area contributed by atoms with Crippen LogP contribution in [0.3, 0.4) is 0 Å². The van der Waals surface area contributed by atoms with Gasteiger partial charge in [0.15, 0.2) is 0 Å². The Labute approximate surface area is 157 Å². The number of fused-ring (bicyclic) bond motifs is 4. The highest BCUT2D eigenvalue weighted by Crippen LogP contribution is 2.51. The van der Waals surface area contributed by atoms with Crippen molar-refractivity contribution in [3.63, 3.8) is 0 Å². The Hall–Kier alpha value is -2.89. The van der Waals surface area contributed by atoms with E-state index in [0.29, 0.717) is 18.7 Å². The number of hydrogen-bond donors (Lipinski definition) is 1. The van der Waals surface area contributed by atoms with E-state index in [0.717, 1.165) is 23.2 Å². The lowest BCUT2D eigenvalue weighted by molar-refractivity contribution is -0.149. The molecule has 2 saturated heterocycles. The molecule has 1 aromatic carbocycles. The van der Waals surface area contributed by atoms with Gasteiger partial charge in [0.2, 0.25) is 5.91 Å². The second kappa shape index (κ2) is 5.31. The maximum atomic E-state index is 13.3. The third-order valence-electron chi connectivity index (χ3n) is 6.11. The number of hydrogen-bond acceptors (Lipinski definition) is 3. The van der Waals surface area contributed by atoms with Crippen LogP contribution in [0, 0.1) is 0 Å². The predicted molar refractivity (Wildman–Crippen MR) is 99.6 cm³/mol. The molecule has 6 heteroatoms. The molecule has 4 heterocycles. The van der Waals surface area contributed by atoms with Gasteiger partial charge in [-0.25, -0.2) is 0 Å². The SMILES string of the molecule is CC(C)=C[C@@H]1N2C(=O)C3CCCN3C(=O)C2=C[C@@]12C(=O)Nc1ccccc12. The minimum Gasteiger partial charge on any atom is -0.325 e. The predicted octanol–water partition coefficient (Wildman–Crippen LogP) is 1.94. The zero-order valence-electron chi connectivity index (χ0n) is 15.4. The van der Waals surface area contributed by atoms with Crippen LogP contribution in [0.4, 0.5) is 5.69 Å². The van der Waals surface area contributed by atoms with E-state index in [2.05, 4.69) is 5.32 Å². The molecule has 1 unspecified atom stereocenters. The molecule has 1 spiro atoms. The van der Waals surface area contributed by atoms with E-state index in [-0.39, 0.29) is 17.7 Å². The molecule has 0 saturated carbocycles. The van der Waals surface area contributed by atoms with E-state index in [4.69, 9.17) is 0 Å². The Bertz CT molecular complexity index is 959. The first kappa shape index (κ1) is 16.3. The van der Waals surface area contributed by atoms with Gasteiger partial charge in [-0.3, -0.25) is 19.3 Å². The molecule has 0 aliphatic carbocycles. The first-order valence-electron chi connectivity index (χ1n) is 9.38. The Morgan fingerprint density at radius 1 is 1.22 bits per heavy atom. The van der Waals surface area contributed by atoms with Crippen molar-refractivity contribution < 1.29 is 14.4 Å². The zero-order valence-corrected chi connectivity index (χ0v) is 15.4.